The third-order valence-electron chi connectivity index (χ3n) is 3.24. The smallest absolute Gasteiger partial charge is 0.358 e. The highest BCUT2D eigenvalue weighted by atomic mass is 32.1. The monoisotopic (exact) mass is 377 g/mol. The van der Waals surface area contributed by atoms with Gasteiger partial charge in [0.05, 0.1) is 4.88 Å². The summed E-state index contributed by atoms with van der Waals surface area (Å²) in [5.41, 5.74) is 0.192. The van der Waals surface area contributed by atoms with Crippen LogP contribution in [0.5, 0.6) is 0 Å². The van der Waals surface area contributed by atoms with Gasteiger partial charge in [-0.15, -0.1) is 22.7 Å². The normalized spacial score (nSPS) is 11.9. The van der Waals surface area contributed by atoms with Gasteiger partial charge in [-0.25, -0.2) is 9.78 Å². The van der Waals surface area contributed by atoms with Gasteiger partial charge >= 0.3 is 5.97 Å². The number of nitrogens with zero attached hydrogens (tertiary/aromatic N) is 2. The second kappa shape index (κ2) is 7.58. The Hall–Kier alpha value is -2.52. The van der Waals surface area contributed by atoms with Crippen LogP contribution in [0, 0.1) is 6.92 Å². The first-order valence-electron chi connectivity index (χ1n) is 7.51. The van der Waals surface area contributed by atoms with Crippen molar-refractivity contribution in [1.29, 1.82) is 0 Å². The van der Waals surface area contributed by atoms with E-state index in [0.717, 1.165) is 9.88 Å². The van der Waals surface area contributed by atoms with Gasteiger partial charge in [-0.05, 0) is 24.8 Å². The summed E-state index contributed by atoms with van der Waals surface area (Å²) in [6, 6.07) is 5.43. The van der Waals surface area contributed by atoms with Crippen molar-refractivity contribution in [3.8, 4) is 9.88 Å². The zero-order chi connectivity index (χ0) is 17.8. The third kappa shape index (κ3) is 4.12. The second-order valence-corrected chi connectivity index (χ2v) is 6.94. The van der Waals surface area contributed by atoms with E-state index in [-0.39, 0.29) is 11.5 Å². The SMILES string of the molecule is CC[C@H](OC(=O)c1csc(-c2cccs2)n1)C(=O)Nc1cc(C)on1. The van der Waals surface area contributed by atoms with Crippen LogP contribution >= 0.6 is 22.7 Å². The molecule has 0 saturated carbocycles. The van der Waals surface area contributed by atoms with E-state index in [1.807, 2.05) is 17.5 Å². The number of aromatic nitrogens is 2. The van der Waals surface area contributed by atoms with Crippen LogP contribution in [0.15, 0.2) is 33.5 Å². The van der Waals surface area contributed by atoms with E-state index in [4.69, 9.17) is 9.26 Å². The van der Waals surface area contributed by atoms with Gasteiger partial charge < -0.3 is 14.6 Å². The van der Waals surface area contributed by atoms with Crippen molar-refractivity contribution in [2.75, 3.05) is 5.32 Å². The lowest BCUT2D eigenvalue weighted by molar-refractivity contribution is -0.124. The number of carbonyl (C=O) groups excluding carboxylic acids is 2. The average Bonchev–Trinajstić information content (AvgIpc) is 3.33. The molecule has 0 aliphatic heterocycles. The molecule has 0 fully saturated rings. The van der Waals surface area contributed by atoms with Gasteiger partial charge in [0, 0.05) is 11.4 Å². The molecule has 7 nitrogen and oxygen atoms in total. The van der Waals surface area contributed by atoms with E-state index in [1.54, 1.807) is 36.6 Å². The van der Waals surface area contributed by atoms with Crippen molar-refractivity contribution in [1.82, 2.24) is 10.1 Å². The molecule has 0 spiro atoms. The van der Waals surface area contributed by atoms with Crippen molar-refractivity contribution in [2.45, 2.75) is 26.4 Å². The Kier molecular flexibility index (Phi) is 5.25. The Morgan fingerprint density at radius 3 is 2.88 bits per heavy atom. The largest absolute Gasteiger partial charge is 0.448 e. The highest BCUT2D eigenvalue weighted by Gasteiger charge is 2.24. The maximum Gasteiger partial charge on any atom is 0.358 e. The number of thiophene rings is 1. The molecule has 0 aromatic carbocycles. The predicted octanol–water partition coefficient (Wildman–Crippen LogP) is 3.74. The van der Waals surface area contributed by atoms with Crippen LogP contribution < -0.4 is 5.32 Å². The summed E-state index contributed by atoms with van der Waals surface area (Å²) in [6.45, 7) is 3.47. The van der Waals surface area contributed by atoms with Crippen LogP contribution in [0.25, 0.3) is 9.88 Å². The number of rotatable bonds is 6. The number of carbonyl (C=O) groups is 2. The number of hydrogen-bond acceptors (Lipinski definition) is 8. The lowest BCUT2D eigenvalue weighted by atomic mass is 10.2. The van der Waals surface area contributed by atoms with Gasteiger partial charge in [0.25, 0.3) is 5.91 Å². The van der Waals surface area contributed by atoms with E-state index in [1.165, 1.54) is 11.3 Å². The minimum absolute atomic E-state index is 0.192. The van der Waals surface area contributed by atoms with Gasteiger partial charge in [-0.3, -0.25) is 4.79 Å². The molecule has 0 aliphatic carbocycles. The molecule has 3 aromatic rings. The number of aryl methyl sites for hydroxylation is 1. The number of nitrogens with one attached hydrogen (secondary N) is 1. The Morgan fingerprint density at radius 2 is 2.24 bits per heavy atom. The fourth-order valence-corrected chi connectivity index (χ4v) is 3.63. The molecule has 0 unspecified atom stereocenters. The minimum Gasteiger partial charge on any atom is -0.448 e. The van der Waals surface area contributed by atoms with Crippen LogP contribution in [0.2, 0.25) is 0 Å². The quantitative estimate of drug-likeness (QED) is 0.658. The number of anilines is 1. The number of amides is 1. The van der Waals surface area contributed by atoms with E-state index in [0.29, 0.717) is 12.2 Å². The Bertz CT molecular complexity index is 870. The Morgan fingerprint density at radius 1 is 1.40 bits per heavy atom. The number of hydrogen-bond donors (Lipinski definition) is 1. The fourth-order valence-electron chi connectivity index (χ4n) is 2.02. The first kappa shape index (κ1) is 17.3. The summed E-state index contributed by atoms with van der Waals surface area (Å²) in [7, 11) is 0. The highest BCUT2D eigenvalue weighted by molar-refractivity contribution is 7.20. The van der Waals surface area contributed by atoms with Crippen LogP contribution in [0.3, 0.4) is 0 Å². The number of esters is 1. The zero-order valence-corrected chi connectivity index (χ0v) is 15.1. The van der Waals surface area contributed by atoms with E-state index >= 15 is 0 Å². The van der Waals surface area contributed by atoms with Gasteiger partial charge in [0.15, 0.2) is 17.6 Å². The molecule has 0 bridgehead atoms. The summed E-state index contributed by atoms with van der Waals surface area (Å²) < 4.78 is 10.2. The first-order valence-corrected chi connectivity index (χ1v) is 9.27. The first-order chi connectivity index (χ1) is 12.1. The van der Waals surface area contributed by atoms with Gasteiger partial charge in [0.1, 0.15) is 10.8 Å². The summed E-state index contributed by atoms with van der Waals surface area (Å²) in [6.07, 6.45) is -0.604. The van der Waals surface area contributed by atoms with Crippen LogP contribution in [-0.4, -0.2) is 28.1 Å². The van der Waals surface area contributed by atoms with E-state index in [9.17, 15) is 9.59 Å². The summed E-state index contributed by atoms with van der Waals surface area (Å²) in [4.78, 5) is 29.8. The lowest BCUT2D eigenvalue weighted by Gasteiger charge is -2.14. The molecule has 1 amide bonds. The van der Waals surface area contributed by atoms with Crippen LogP contribution in [0.1, 0.15) is 29.6 Å². The van der Waals surface area contributed by atoms with Gasteiger partial charge in [-0.1, -0.05) is 18.1 Å². The molecule has 0 aliphatic rings. The molecule has 3 aromatic heterocycles. The standard InChI is InChI=1S/C16H15N3O4S2/c1-3-11(14(20)18-13-7-9(2)23-19-13)22-16(21)10-8-25-15(17-10)12-5-4-6-24-12/h4-8,11H,3H2,1-2H3,(H,18,19,20)/t11-/m0/s1. The summed E-state index contributed by atoms with van der Waals surface area (Å²) in [5.74, 6) is -0.232. The highest BCUT2D eigenvalue weighted by Crippen LogP contribution is 2.28. The molecular formula is C16H15N3O4S2. The van der Waals surface area contributed by atoms with Crippen molar-refractivity contribution >= 4 is 40.4 Å². The van der Waals surface area contributed by atoms with Crippen molar-refractivity contribution in [2.24, 2.45) is 0 Å². The molecule has 130 valence electrons. The molecule has 0 radical (unpaired) electrons. The minimum atomic E-state index is -0.934. The molecule has 3 rings (SSSR count). The maximum atomic E-state index is 12.3. The molecule has 3 heterocycles. The Labute approximate surface area is 151 Å². The fraction of sp³-hybridized carbons (Fsp3) is 0.250. The molecule has 1 N–H and O–H groups in total. The molecular weight excluding hydrogens is 362 g/mol. The maximum absolute atomic E-state index is 12.3. The summed E-state index contributed by atoms with van der Waals surface area (Å²) >= 11 is 2.90. The topological polar surface area (TPSA) is 94.3 Å². The third-order valence-corrected chi connectivity index (χ3v) is 5.12. The zero-order valence-electron chi connectivity index (χ0n) is 13.5. The van der Waals surface area contributed by atoms with E-state index < -0.39 is 18.0 Å². The predicted molar refractivity (Wildman–Crippen MR) is 94.8 cm³/mol. The van der Waals surface area contributed by atoms with Crippen LogP contribution in [-0.2, 0) is 9.53 Å². The van der Waals surface area contributed by atoms with Gasteiger partial charge in [0.2, 0.25) is 0 Å². The number of thiazole rings is 1. The lowest BCUT2D eigenvalue weighted by Crippen LogP contribution is -2.32. The van der Waals surface area contributed by atoms with E-state index in [2.05, 4.69) is 15.5 Å². The molecule has 9 heteroatoms. The second-order valence-electron chi connectivity index (χ2n) is 5.13. The summed E-state index contributed by atoms with van der Waals surface area (Å²) in [5, 5.41) is 10.6. The Balaban J connectivity index is 1.64. The van der Waals surface area contributed by atoms with Gasteiger partial charge in [-0.2, -0.15) is 0 Å². The van der Waals surface area contributed by atoms with Crippen molar-refractivity contribution in [3.63, 3.8) is 0 Å². The molecule has 1 atom stereocenters. The number of ether oxygens (including phenoxy) is 1. The van der Waals surface area contributed by atoms with Crippen LogP contribution in [0.4, 0.5) is 5.82 Å². The van der Waals surface area contributed by atoms with Crippen molar-refractivity contribution in [3.05, 3.63) is 40.4 Å². The average molecular weight is 377 g/mol. The molecule has 0 saturated heterocycles. The van der Waals surface area contributed by atoms with Crippen molar-refractivity contribution < 1.29 is 18.8 Å². The molecule has 25 heavy (non-hydrogen) atoms.